The normalized spacial score (nSPS) is 10.7. The fourth-order valence-electron chi connectivity index (χ4n) is 3.60. The molecule has 1 N–H and O–H groups in total. The summed E-state index contributed by atoms with van der Waals surface area (Å²) in [7, 11) is 0. The summed E-state index contributed by atoms with van der Waals surface area (Å²) in [5.74, 6) is 1.40. The first-order valence-corrected chi connectivity index (χ1v) is 11.4. The molecular formula is C27H33N3O3. The fourth-order valence-corrected chi connectivity index (χ4v) is 3.60. The van der Waals surface area contributed by atoms with Gasteiger partial charge in [0.1, 0.15) is 18.1 Å². The monoisotopic (exact) mass is 447 g/mol. The standard InChI is InChI=1S/C27H33N3O3/c1-5-15-29(27(32)28-24-13-11-20(2)21(3)16-24)19-26(31)30(17-23-9-7-6-8-10-23)18-25-14-12-22(4)33-25/h6-14,16H,5,15,17-19H2,1-4H3,(H,28,32). The van der Waals surface area contributed by atoms with E-state index in [1.54, 1.807) is 9.80 Å². The van der Waals surface area contributed by atoms with Crippen molar-refractivity contribution in [3.05, 3.63) is 88.9 Å². The van der Waals surface area contributed by atoms with Gasteiger partial charge >= 0.3 is 6.03 Å². The second kappa shape index (κ2) is 11.4. The largest absolute Gasteiger partial charge is 0.464 e. The number of aryl methyl sites for hydroxylation is 3. The molecule has 6 nitrogen and oxygen atoms in total. The van der Waals surface area contributed by atoms with E-state index in [2.05, 4.69) is 5.32 Å². The lowest BCUT2D eigenvalue weighted by molar-refractivity contribution is -0.133. The van der Waals surface area contributed by atoms with E-state index in [0.29, 0.717) is 19.6 Å². The number of anilines is 1. The molecule has 3 aromatic rings. The summed E-state index contributed by atoms with van der Waals surface area (Å²) in [5, 5.41) is 2.94. The number of nitrogens with one attached hydrogen (secondary N) is 1. The number of amides is 3. The first kappa shape index (κ1) is 24.1. The zero-order valence-corrected chi connectivity index (χ0v) is 19.9. The molecule has 0 aliphatic rings. The summed E-state index contributed by atoms with van der Waals surface area (Å²) in [6.07, 6.45) is 0.754. The maximum atomic E-state index is 13.4. The molecule has 33 heavy (non-hydrogen) atoms. The number of benzene rings is 2. The quantitative estimate of drug-likeness (QED) is 0.459. The molecule has 0 unspecified atom stereocenters. The highest BCUT2D eigenvalue weighted by Gasteiger charge is 2.22. The van der Waals surface area contributed by atoms with Crippen molar-refractivity contribution in [3.8, 4) is 0 Å². The summed E-state index contributed by atoms with van der Waals surface area (Å²) in [5.41, 5.74) is 4.02. The van der Waals surface area contributed by atoms with Crippen molar-refractivity contribution in [2.24, 2.45) is 0 Å². The van der Waals surface area contributed by atoms with Gasteiger partial charge in [0, 0.05) is 18.8 Å². The molecule has 0 bridgehead atoms. The maximum Gasteiger partial charge on any atom is 0.322 e. The molecule has 0 saturated carbocycles. The van der Waals surface area contributed by atoms with Gasteiger partial charge in [0.05, 0.1) is 6.54 Å². The number of furan rings is 1. The highest BCUT2D eigenvalue weighted by Crippen LogP contribution is 2.16. The van der Waals surface area contributed by atoms with Crippen LogP contribution < -0.4 is 5.32 Å². The Bertz CT molecular complexity index is 1080. The van der Waals surface area contributed by atoms with Crippen molar-refractivity contribution in [2.45, 2.75) is 47.2 Å². The van der Waals surface area contributed by atoms with E-state index in [9.17, 15) is 9.59 Å². The van der Waals surface area contributed by atoms with Crippen LogP contribution in [-0.2, 0) is 17.9 Å². The van der Waals surface area contributed by atoms with Crippen LogP contribution in [0.5, 0.6) is 0 Å². The second-order valence-corrected chi connectivity index (χ2v) is 8.40. The van der Waals surface area contributed by atoms with Gasteiger partial charge in [-0.05, 0) is 68.1 Å². The van der Waals surface area contributed by atoms with Crippen LogP contribution in [0, 0.1) is 20.8 Å². The van der Waals surface area contributed by atoms with Crippen LogP contribution in [0.25, 0.3) is 0 Å². The topological polar surface area (TPSA) is 65.8 Å². The predicted octanol–water partition coefficient (Wildman–Crippen LogP) is 5.68. The van der Waals surface area contributed by atoms with E-state index >= 15 is 0 Å². The molecule has 0 saturated heterocycles. The van der Waals surface area contributed by atoms with Crippen LogP contribution in [0.2, 0.25) is 0 Å². The Morgan fingerprint density at radius 2 is 1.64 bits per heavy atom. The minimum absolute atomic E-state index is 0.00294. The van der Waals surface area contributed by atoms with Crippen molar-refractivity contribution in [1.29, 1.82) is 0 Å². The van der Waals surface area contributed by atoms with Crippen LogP contribution in [0.1, 0.15) is 41.6 Å². The van der Waals surface area contributed by atoms with Crippen LogP contribution in [0.15, 0.2) is 65.1 Å². The van der Waals surface area contributed by atoms with E-state index in [4.69, 9.17) is 4.42 Å². The average molecular weight is 448 g/mol. The molecule has 6 heteroatoms. The molecule has 0 aliphatic carbocycles. The molecule has 1 heterocycles. The van der Waals surface area contributed by atoms with Crippen LogP contribution in [0.3, 0.4) is 0 Å². The van der Waals surface area contributed by atoms with Crippen molar-refractivity contribution in [3.63, 3.8) is 0 Å². The molecular weight excluding hydrogens is 414 g/mol. The Balaban J connectivity index is 1.74. The predicted molar refractivity (Wildman–Crippen MR) is 131 cm³/mol. The Morgan fingerprint density at radius 1 is 0.879 bits per heavy atom. The van der Waals surface area contributed by atoms with E-state index in [0.717, 1.165) is 34.8 Å². The Labute approximate surface area is 196 Å². The van der Waals surface area contributed by atoms with Gasteiger partial charge in [0.2, 0.25) is 5.91 Å². The molecule has 0 atom stereocenters. The summed E-state index contributed by atoms with van der Waals surface area (Å²) >= 11 is 0. The van der Waals surface area contributed by atoms with Gasteiger partial charge in [-0.2, -0.15) is 0 Å². The van der Waals surface area contributed by atoms with Crippen molar-refractivity contribution < 1.29 is 14.0 Å². The second-order valence-electron chi connectivity index (χ2n) is 8.40. The van der Waals surface area contributed by atoms with Crippen LogP contribution in [0.4, 0.5) is 10.5 Å². The first-order chi connectivity index (χ1) is 15.9. The SMILES string of the molecule is CCCN(CC(=O)N(Cc1ccccc1)Cc1ccc(C)o1)C(=O)Nc1ccc(C)c(C)c1. The third kappa shape index (κ3) is 6.97. The number of urea groups is 1. The molecule has 1 aromatic heterocycles. The molecule has 2 aromatic carbocycles. The zero-order chi connectivity index (χ0) is 23.8. The Hall–Kier alpha value is -3.54. The number of carbonyl (C=O) groups excluding carboxylic acids is 2. The van der Waals surface area contributed by atoms with Gasteiger partial charge in [-0.25, -0.2) is 4.79 Å². The van der Waals surface area contributed by atoms with E-state index in [1.165, 1.54) is 5.56 Å². The smallest absolute Gasteiger partial charge is 0.322 e. The molecule has 0 radical (unpaired) electrons. The van der Waals surface area contributed by atoms with Crippen molar-refractivity contribution in [2.75, 3.05) is 18.4 Å². The molecule has 0 spiro atoms. The maximum absolute atomic E-state index is 13.4. The lowest BCUT2D eigenvalue weighted by atomic mass is 10.1. The fraction of sp³-hybridized carbons (Fsp3) is 0.333. The van der Waals surface area contributed by atoms with Crippen molar-refractivity contribution >= 4 is 17.6 Å². The van der Waals surface area contributed by atoms with E-state index < -0.39 is 0 Å². The molecule has 3 amide bonds. The van der Waals surface area contributed by atoms with Gasteiger partial charge in [-0.3, -0.25) is 4.79 Å². The highest BCUT2D eigenvalue weighted by atomic mass is 16.3. The van der Waals surface area contributed by atoms with Crippen molar-refractivity contribution in [1.82, 2.24) is 9.80 Å². The number of rotatable bonds is 9. The van der Waals surface area contributed by atoms with Gasteiger partial charge in [-0.15, -0.1) is 0 Å². The number of hydrogen-bond donors (Lipinski definition) is 1. The Morgan fingerprint density at radius 3 is 2.27 bits per heavy atom. The molecule has 0 fully saturated rings. The molecule has 3 rings (SSSR count). The third-order valence-electron chi connectivity index (χ3n) is 5.58. The van der Waals surface area contributed by atoms with E-state index in [1.807, 2.05) is 88.4 Å². The van der Waals surface area contributed by atoms with Crippen LogP contribution >= 0.6 is 0 Å². The average Bonchev–Trinajstić information content (AvgIpc) is 3.20. The zero-order valence-electron chi connectivity index (χ0n) is 19.9. The number of hydrogen-bond acceptors (Lipinski definition) is 3. The lowest BCUT2D eigenvalue weighted by Gasteiger charge is -2.27. The first-order valence-electron chi connectivity index (χ1n) is 11.4. The third-order valence-corrected chi connectivity index (χ3v) is 5.58. The molecule has 174 valence electrons. The summed E-state index contributed by atoms with van der Waals surface area (Å²) in [4.78, 5) is 29.7. The number of nitrogens with zero attached hydrogens (tertiary/aromatic N) is 2. The van der Waals surface area contributed by atoms with Gasteiger partial charge in [0.25, 0.3) is 0 Å². The lowest BCUT2D eigenvalue weighted by Crippen LogP contribution is -2.44. The minimum Gasteiger partial charge on any atom is -0.464 e. The van der Waals surface area contributed by atoms with Gasteiger partial charge in [-0.1, -0.05) is 43.3 Å². The summed E-state index contributed by atoms with van der Waals surface area (Å²) < 4.78 is 5.71. The van der Waals surface area contributed by atoms with Gasteiger partial charge < -0.3 is 19.5 Å². The summed E-state index contributed by atoms with van der Waals surface area (Å²) in [6.45, 7) is 9.19. The van der Waals surface area contributed by atoms with Crippen LogP contribution in [-0.4, -0.2) is 34.8 Å². The Kier molecular flexibility index (Phi) is 8.30. The van der Waals surface area contributed by atoms with E-state index in [-0.39, 0.29) is 18.5 Å². The number of carbonyl (C=O) groups is 2. The van der Waals surface area contributed by atoms with Gasteiger partial charge in [0.15, 0.2) is 0 Å². The highest BCUT2D eigenvalue weighted by molar-refractivity contribution is 5.92. The summed E-state index contributed by atoms with van der Waals surface area (Å²) in [6, 6.07) is 19.1. The molecule has 0 aliphatic heterocycles. The minimum atomic E-state index is -0.276.